The minimum Gasteiger partial charge on any atom is -1.00 e. The fourth-order valence-corrected chi connectivity index (χ4v) is 8.49. The number of ether oxygens (including phenoxy) is 1. The molecule has 4 heteroatoms. The van der Waals surface area contributed by atoms with Crippen LogP contribution in [0.2, 0.25) is 0 Å². The zero-order chi connectivity index (χ0) is 17.8. The van der Waals surface area contributed by atoms with Crippen LogP contribution in [0.4, 0.5) is 0 Å². The summed E-state index contributed by atoms with van der Waals surface area (Å²) >= 11 is 0. The minimum absolute atomic E-state index is 0. The van der Waals surface area contributed by atoms with Gasteiger partial charge in [-0.15, -0.1) is 0 Å². The second-order valence-corrected chi connectivity index (χ2v) is 11.2. The van der Waals surface area contributed by atoms with Gasteiger partial charge in [-0.2, -0.15) is 0 Å². The van der Waals surface area contributed by atoms with Crippen LogP contribution < -0.4 is 12.4 Å². The van der Waals surface area contributed by atoms with Crippen LogP contribution in [0.15, 0.2) is 24.3 Å². The molecule has 1 aromatic rings. The zero-order valence-electron chi connectivity index (χ0n) is 16.5. The molecule has 0 spiro atoms. The van der Waals surface area contributed by atoms with Gasteiger partial charge in [0.1, 0.15) is 0 Å². The molecular weight excluding hydrogens is 351 g/mol. The molecule has 0 N–H and O–H groups in total. The maximum Gasteiger partial charge on any atom is 0.338 e. The van der Waals surface area contributed by atoms with Crippen molar-refractivity contribution in [2.45, 2.75) is 65.5 Å². The second kappa shape index (κ2) is 13.6. The Morgan fingerprint density at radius 3 is 1.84 bits per heavy atom. The molecule has 0 fully saturated rings. The summed E-state index contributed by atoms with van der Waals surface area (Å²) in [5, 5.41) is 0. The lowest BCUT2D eigenvalue weighted by Gasteiger charge is -2.28. The van der Waals surface area contributed by atoms with E-state index in [4.69, 9.17) is 4.74 Å². The topological polar surface area (TPSA) is 26.3 Å². The van der Waals surface area contributed by atoms with Crippen LogP contribution in [0.1, 0.15) is 75.2 Å². The second-order valence-electron chi connectivity index (χ2n) is 6.88. The first kappa shape index (κ1) is 24.4. The molecule has 0 amide bonds. The summed E-state index contributed by atoms with van der Waals surface area (Å²) < 4.78 is 5.01. The van der Waals surface area contributed by atoms with Crippen LogP contribution in [-0.2, 0) is 10.9 Å². The van der Waals surface area contributed by atoms with Gasteiger partial charge >= 0.3 is 5.97 Å². The largest absolute Gasteiger partial charge is 1.00 e. The maximum atomic E-state index is 12.2. The van der Waals surface area contributed by atoms with E-state index in [1.54, 1.807) is 0 Å². The molecule has 0 bridgehead atoms. The predicted molar refractivity (Wildman–Crippen MR) is 108 cm³/mol. The highest BCUT2D eigenvalue weighted by Crippen LogP contribution is 2.63. The van der Waals surface area contributed by atoms with E-state index in [1.165, 1.54) is 69.7 Å². The molecule has 0 aliphatic rings. The van der Waals surface area contributed by atoms with Gasteiger partial charge in [0.05, 0.1) is 37.3 Å². The minimum atomic E-state index is -1.05. The highest BCUT2D eigenvalue weighted by molar-refractivity contribution is 7.75. The van der Waals surface area contributed by atoms with Crippen molar-refractivity contribution in [3.8, 4) is 0 Å². The average molecular weight is 387 g/mol. The lowest BCUT2D eigenvalue weighted by molar-refractivity contribution is -0.0000201. The van der Waals surface area contributed by atoms with E-state index in [9.17, 15) is 4.79 Å². The SMILES string of the molecule is CCCC[P+](CCCC)(CCCC)Cc1ccccc1C(=O)OC.[Cl-]. The Hall–Kier alpha value is -0.590. The lowest BCUT2D eigenvalue weighted by Crippen LogP contribution is -3.00. The predicted octanol–water partition coefficient (Wildman–Crippen LogP) is 3.40. The van der Waals surface area contributed by atoms with Crippen molar-refractivity contribution >= 4 is 13.2 Å². The monoisotopic (exact) mass is 386 g/mol. The summed E-state index contributed by atoms with van der Waals surface area (Å²) in [6.07, 6.45) is 13.0. The van der Waals surface area contributed by atoms with Gasteiger partial charge in [-0.1, -0.05) is 58.2 Å². The first-order valence-corrected chi connectivity index (χ1v) is 12.2. The van der Waals surface area contributed by atoms with Crippen LogP contribution in [0.5, 0.6) is 0 Å². The zero-order valence-corrected chi connectivity index (χ0v) is 18.2. The van der Waals surface area contributed by atoms with Gasteiger partial charge in [0.15, 0.2) is 0 Å². The normalized spacial score (nSPS) is 11.0. The molecule has 144 valence electrons. The van der Waals surface area contributed by atoms with Gasteiger partial charge in [0.25, 0.3) is 0 Å². The van der Waals surface area contributed by atoms with E-state index >= 15 is 0 Å². The molecule has 0 saturated heterocycles. The molecule has 0 heterocycles. The van der Waals surface area contributed by atoms with Crippen molar-refractivity contribution in [2.75, 3.05) is 25.6 Å². The molecule has 0 radical (unpaired) electrons. The Morgan fingerprint density at radius 1 is 0.920 bits per heavy atom. The highest BCUT2D eigenvalue weighted by atomic mass is 35.5. The number of hydrogen-bond acceptors (Lipinski definition) is 2. The Bertz CT molecular complexity index is 469. The first-order valence-electron chi connectivity index (χ1n) is 9.63. The molecule has 25 heavy (non-hydrogen) atoms. The van der Waals surface area contributed by atoms with Gasteiger partial charge < -0.3 is 17.1 Å². The molecule has 0 unspecified atom stereocenters. The third-order valence-electron chi connectivity index (χ3n) is 4.89. The van der Waals surface area contributed by atoms with E-state index in [-0.39, 0.29) is 18.4 Å². The molecule has 2 nitrogen and oxygen atoms in total. The molecular formula is C21H36ClO2P. The summed E-state index contributed by atoms with van der Waals surface area (Å²) in [6, 6.07) is 8.08. The molecule has 0 atom stereocenters. The van der Waals surface area contributed by atoms with Gasteiger partial charge in [-0.25, -0.2) is 4.79 Å². The molecule has 0 aliphatic heterocycles. The summed E-state index contributed by atoms with van der Waals surface area (Å²) in [5.41, 5.74) is 1.98. The molecule has 0 aromatic heterocycles. The number of unbranched alkanes of at least 4 members (excludes halogenated alkanes) is 3. The van der Waals surface area contributed by atoms with Crippen molar-refractivity contribution < 1.29 is 21.9 Å². The Balaban J connectivity index is 0.00000576. The average Bonchev–Trinajstić information content (AvgIpc) is 2.62. The third kappa shape index (κ3) is 8.09. The van der Waals surface area contributed by atoms with Gasteiger partial charge in [-0.3, -0.25) is 0 Å². The van der Waals surface area contributed by atoms with E-state index in [0.717, 1.165) is 11.7 Å². The number of hydrogen-bond donors (Lipinski definition) is 0. The molecule has 0 aliphatic carbocycles. The number of carbonyl (C=O) groups excluding carboxylic acids is 1. The molecule has 1 aromatic carbocycles. The van der Waals surface area contributed by atoms with Gasteiger partial charge in [-0.05, 0) is 25.3 Å². The first-order chi connectivity index (χ1) is 11.6. The number of halogens is 1. The van der Waals surface area contributed by atoms with E-state index in [2.05, 4.69) is 32.9 Å². The maximum absolute atomic E-state index is 12.2. The van der Waals surface area contributed by atoms with E-state index in [1.807, 2.05) is 12.1 Å². The van der Waals surface area contributed by atoms with Crippen LogP contribution in [0.25, 0.3) is 0 Å². The fraction of sp³-hybridized carbons (Fsp3) is 0.667. The van der Waals surface area contributed by atoms with Crippen molar-refractivity contribution in [2.24, 2.45) is 0 Å². The van der Waals surface area contributed by atoms with Crippen molar-refractivity contribution in [1.29, 1.82) is 0 Å². The fourth-order valence-electron chi connectivity index (χ4n) is 3.38. The Kier molecular flexibility index (Phi) is 13.3. The number of rotatable bonds is 12. The van der Waals surface area contributed by atoms with Crippen LogP contribution in [0, 0.1) is 0 Å². The van der Waals surface area contributed by atoms with Crippen LogP contribution in [-0.4, -0.2) is 31.6 Å². The van der Waals surface area contributed by atoms with E-state index in [0.29, 0.717) is 0 Å². The quantitative estimate of drug-likeness (QED) is 0.406. The van der Waals surface area contributed by atoms with Gasteiger partial charge in [0.2, 0.25) is 0 Å². The molecule has 0 saturated carbocycles. The van der Waals surface area contributed by atoms with Crippen molar-refractivity contribution in [3.05, 3.63) is 35.4 Å². The van der Waals surface area contributed by atoms with Crippen LogP contribution in [0.3, 0.4) is 0 Å². The van der Waals surface area contributed by atoms with Crippen molar-refractivity contribution in [3.63, 3.8) is 0 Å². The van der Waals surface area contributed by atoms with Gasteiger partial charge in [0, 0.05) is 12.8 Å². The summed E-state index contributed by atoms with van der Waals surface area (Å²) in [4.78, 5) is 12.2. The number of methoxy groups -OCH3 is 1. The Labute approximate surface area is 161 Å². The summed E-state index contributed by atoms with van der Waals surface area (Å²) in [7, 11) is 0.426. The summed E-state index contributed by atoms with van der Waals surface area (Å²) in [6.45, 7) is 6.87. The molecule has 1 rings (SSSR count). The Morgan fingerprint density at radius 2 is 1.40 bits per heavy atom. The standard InChI is InChI=1S/C21H36O2P.ClH/c1-5-8-15-24(16-9-6-2,17-10-7-3)18-19-13-11-12-14-20(19)21(22)23-4;/h11-14H,5-10,15-18H2,1-4H3;1H/q+1;/p-1. The number of carbonyl (C=O) groups is 1. The van der Waals surface area contributed by atoms with E-state index < -0.39 is 7.26 Å². The lowest BCUT2D eigenvalue weighted by atomic mass is 10.1. The number of esters is 1. The smallest absolute Gasteiger partial charge is 0.338 e. The number of benzene rings is 1. The van der Waals surface area contributed by atoms with Crippen LogP contribution >= 0.6 is 7.26 Å². The summed E-state index contributed by atoms with van der Waals surface area (Å²) in [5.74, 6) is -0.190. The highest BCUT2D eigenvalue weighted by Gasteiger charge is 2.36. The third-order valence-corrected chi connectivity index (χ3v) is 9.69. The van der Waals surface area contributed by atoms with Crippen molar-refractivity contribution in [1.82, 2.24) is 0 Å².